The van der Waals surface area contributed by atoms with Gasteiger partial charge in [0.05, 0.1) is 27.3 Å². The summed E-state index contributed by atoms with van der Waals surface area (Å²) < 4.78 is 13.0. The lowest BCUT2D eigenvalue weighted by Crippen LogP contribution is -2.27. The minimum atomic E-state index is -1.06. The van der Waals surface area contributed by atoms with Crippen molar-refractivity contribution >= 4 is 61.5 Å². The molecule has 186 valence electrons. The minimum absolute atomic E-state index is 0.110. The molecule has 2 aromatic heterocycles. The number of thiophene rings is 1. The van der Waals surface area contributed by atoms with Crippen molar-refractivity contribution < 1.29 is 14.0 Å². The third kappa shape index (κ3) is 6.43. The molecule has 0 aliphatic carbocycles. The summed E-state index contributed by atoms with van der Waals surface area (Å²) in [6.45, 7) is 6.19. The molecule has 0 atom stereocenters. The van der Waals surface area contributed by atoms with Gasteiger partial charge in [0, 0.05) is 23.8 Å². The van der Waals surface area contributed by atoms with Gasteiger partial charge >= 0.3 is 0 Å². The molecule has 4 aromatic rings. The molecule has 0 unspecified atom stereocenters. The minimum Gasteiger partial charge on any atom is -0.443 e. The number of aromatic nitrogens is 1. The quantitative estimate of drug-likeness (QED) is 0.172. The third-order valence-electron chi connectivity index (χ3n) is 4.97. The van der Waals surface area contributed by atoms with Crippen molar-refractivity contribution in [2.45, 2.75) is 26.3 Å². The van der Waals surface area contributed by atoms with E-state index < -0.39 is 21.3 Å². The van der Waals surface area contributed by atoms with Crippen LogP contribution in [0.2, 0.25) is 0 Å². The number of halogens is 1. The molecule has 0 aliphatic rings. The van der Waals surface area contributed by atoms with Crippen molar-refractivity contribution in [3.05, 3.63) is 83.7 Å². The molecule has 0 radical (unpaired) electrons. The van der Waals surface area contributed by atoms with E-state index in [1.54, 1.807) is 36.3 Å². The van der Waals surface area contributed by atoms with Crippen LogP contribution < -0.4 is 13.7 Å². The maximum Gasteiger partial charge on any atom is 0.270 e. The van der Waals surface area contributed by atoms with E-state index in [0.717, 1.165) is 10.6 Å². The molecule has 2 heterocycles. The second kappa shape index (κ2) is 11.1. The SMILES string of the molecule is CN(C(=O)c1ccccc1)c1ccc(NC(C)(C)C)c(N=INC(=O)c2ccc(-c3cnco3)s2)c1. The molecule has 2 amide bonds. The molecule has 0 aliphatic heterocycles. The first-order valence-corrected chi connectivity index (χ1v) is 14.0. The van der Waals surface area contributed by atoms with Crippen LogP contribution in [0.3, 0.4) is 0 Å². The number of anilines is 2. The maximum atomic E-state index is 12.9. The first kappa shape index (κ1) is 25.7. The second-order valence-corrected chi connectivity index (χ2v) is 11.5. The molecule has 0 saturated carbocycles. The molecule has 0 spiro atoms. The second-order valence-electron chi connectivity index (χ2n) is 8.93. The summed E-state index contributed by atoms with van der Waals surface area (Å²) in [6.07, 6.45) is 2.98. The van der Waals surface area contributed by atoms with Gasteiger partial charge in [0.15, 0.2) is 12.2 Å². The van der Waals surface area contributed by atoms with Crippen LogP contribution >= 0.6 is 32.6 Å². The van der Waals surface area contributed by atoms with Gasteiger partial charge in [-0.3, -0.25) is 13.1 Å². The van der Waals surface area contributed by atoms with E-state index in [1.807, 2.05) is 42.5 Å². The molecule has 0 saturated heterocycles. The fourth-order valence-corrected chi connectivity index (χ4v) is 5.61. The van der Waals surface area contributed by atoms with Gasteiger partial charge in [-0.05, 0) is 63.2 Å². The van der Waals surface area contributed by atoms with Crippen LogP contribution in [0.4, 0.5) is 17.1 Å². The molecule has 2 N–H and O–H groups in total. The van der Waals surface area contributed by atoms with Crippen molar-refractivity contribution in [2.75, 3.05) is 17.3 Å². The van der Waals surface area contributed by atoms with Crippen molar-refractivity contribution in [2.24, 2.45) is 3.15 Å². The summed E-state index contributed by atoms with van der Waals surface area (Å²) >= 11 is 0.281. The van der Waals surface area contributed by atoms with Gasteiger partial charge in [-0.2, -0.15) is 0 Å². The topological polar surface area (TPSA) is 99.8 Å². The van der Waals surface area contributed by atoms with Gasteiger partial charge < -0.3 is 14.6 Å². The highest BCUT2D eigenvalue weighted by Gasteiger charge is 2.17. The number of nitrogens with one attached hydrogen (secondary N) is 2. The molecule has 10 heteroatoms. The van der Waals surface area contributed by atoms with Crippen molar-refractivity contribution in [3.63, 3.8) is 0 Å². The number of benzene rings is 2. The predicted molar refractivity (Wildman–Crippen MR) is 152 cm³/mol. The summed E-state index contributed by atoms with van der Waals surface area (Å²) in [5.41, 5.74) is 2.66. The van der Waals surface area contributed by atoms with Crippen LogP contribution in [-0.4, -0.2) is 29.4 Å². The Balaban J connectivity index is 1.54. The predicted octanol–water partition coefficient (Wildman–Crippen LogP) is 7.02. The van der Waals surface area contributed by atoms with E-state index in [-0.39, 0.29) is 17.4 Å². The van der Waals surface area contributed by atoms with E-state index in [0.29, 0.717) is 27.6 Å². The number of nitrogens with zero attached hydrogens (tertiary/aromatic N) is 3. The van der Waals surface area contributed by atoms with Crippen LogP contribution in [0.15, 0.2) is 80.8 Å². The summed E-state index contributed by atoms with van der Waals surface area (Å²) in [5.74, 6) is 0.337. The Labute approximate surface area is 224 Å². The molecular weight excluding hydrogens is 589 g/mol. The summed E-state index contributed by atoms with van der Waals surface area (Å²) in [6, 6.07) is 18.4. The number of carbonyl (C=O) groups excluding carboxylic acids is 2. The van der Waals surface area contributed by atoms with Gasteiger partial charge in [0.1, 0.15) is 21.3 Å². The van der Waals surface area contributed by atoms with Gasteiger partial charge in [0.2, 0.25) is 0 Å². The van der Waals surface area contributed by atoms with E-state index in [9.17, 15) is 9.59 Å². The summed E-state index contributed by atoms with van der Waals surface area (Å²) in [4.78, 5) is 32.6. The van der Waals surface area contributed by atoms with Gasteiger partial charge in [-0.1, -0.05) is 18.2 Å². The Kier molecular flexibility index (Phi) is 7.94. The number of oxazole rings is 1. The normalized spacial score (nSPS) is 11.7. The fourth-order valence-electron chi connectivity index (χ4n) is 3.28. The Hall–Kier alpha value is -3.38. The van der Waals surface area contributed by atoms with E-state index in [1.165, 1.54) is 17.7 Å². The van der Waals surface area contributed by atoms with E-state index >= 15 is 0 Å². The van der Waals surface area contributed by atoms with E-state index in [4.69, 9.17) is 7.56 Å². The zero-order valence-electron chi connectivity index (χ0n) is 20.3. The smallest absolute Gasteiger partial charge is 0.270 e. The lowest BCUT2D eigenvalue weighted by atomic mass is 10.1. The van der Waals surface area contributed by atoms with Crippen LogP contribution in [0, 0.1) is 0 Å². The van der Waals surface area contributed by atoms with Crippen molar-refractivity contribution in [3.8, 4) is 10.6 Å². The Morgan fingerprint density at radius 2 is 1.86 bits per heavy atom. The van der Waals surface area contributed by atoms with Crippen LogP contribution in [0.25, 0.3) is 10.6 Å². The number of hydrogen-bond acceptors (Lipinski definition) is 7. The average Bonchev–Trinajstić information content (AvgIpc) is 3.56. The van der Waals surface area contributed by atoms with Gasteiger partial charge in [-0.25, -0.2) is 8.13 Å². The summed E-state index contributed by atoms with van der Waals surface area (Å²) in [7, 11) is 1.74. The highest BCUT2D eigenvalue weighted by atomic mass is 127. The fraction of sp³-hybridized carbons (Fsp3) is 0.192. The number of hydrogen-bond donors (Lipinski definition) is 2. The van der Waals surface area contributed by atoms with Crippen LogP contribution in [0.1, 0.15) is 40.8 Å². The summed E-state index contributed by atoms with van der Waals surface area (Å²) in [5, 5.41) is 3.46. The third-order valence-corrected chi connectivity index (χ3v) is 7.56. The molecule has 0 bridgehead atoms. The Morgan fingerprint density at radius 3 is 2.56 bits per heavy atom. The Bertz CT molecular complexity index is 1380. The van der Waals surface area contributed by atoms with Crippen molar-refractivity contribution in [1.29, 1.82) is 0 Å². The molecule has 2 aromatic carbocycles. The highest BCUT2D eigenvalue weighted by Crippen LogP contribution is 2.34. The standard InChI is InChI=1S/C26H26IN5O3S/c1-26(2,3)29-19-11-10-18(32(4)25(34)17-8-6-5-7-9-17)14-20(19)30-27-31-24(33)23-13-12-22(36-23)21-15-28-16-35-21/h5-16,29H,1-4H3,(H,30,31,33). The van der Waals surface area contributed by atoms with Crippen LogP contribution in [-0.2, 0) is 0 Å². The maximum absolute atomic E-state index is 12.9. The number of rotatable bonds is 7. The van der Waals surface area contributed by atoms with Crippen molar-refractivity contribution in [1.82, 2.24) is 8.51 Å². The Morgan fingerprint density at radius 1 is 1.08 bits per heavy atom. The molecule has 0 fully saturated rings. The monoisotopic (exact) mass is 615 g/mol. The van der Waals surface area contributed by atoms with Crippen LogP contribution in [0.5, 0.6) is 0 Å². The first-order chi connectivity index (χ1) is 17.2. The molecule has 4 rings (SSSR count). The number of carbonyl (C=O) groups is 2. The zero-order chi connectivity index (χ0) is 25.7. The molecular formula is C26H26IN5O3S. The molecule has 36 heavy (non-hydrogen) atoms. The lowest BCUT2D eigenvalue weighted by Gasteiger charge is -2.24. The first-order valence-electron chi connectivity index (χ1n) is 11.1. The number of amides is 2. The lowest BCUT2D eigenvalue weighted by molar-refractivity contribution is 0.0985. The highest BCUT2D eigenvalue weighted by molar-refractivity contribution is 14.1. The largest absolute Gasteiger partial charge is 0.443 e. The van der Waals surface area contributed by atoms with Gasteiger partial charge in [-0.15, -0.1) is 11.3 Å². The zero-order valence-corrected chi connectivity index (χ0v) is 23.3. The van der Waals surface area contributed by atoms with Gasteiger partial charge in [0.25, 0.3) is 11.8 Å². The van der Waals surface area contributed by atoms with E-state index in [2.05, 4.69) is 34.6 Å². The average molecular weight is 615 g/mol. The molecule has 8 nitrogen and oxygen atoms in total.